The highest BCUT2D eigenvalue weighted by atomic mass is 16.5. The first-order valence-corrected chi connectivity index (χ1v) is 9.03. The van der Waals surface area contributed by atoms with Gasteiger partial charge in [-0.1, -0.05) is 12.1 Å². The molecule has 2 heterocycles. The van der Waals surface area contributed by atoms with Crippen LogP contribution in [0.4, 0.5) is 4.79 Å². The lowest BCUT2D eigenvalue weighted by atomic mass is 9.78. The Labute approximate surface area is 149 Å². The second kappa shape index (κ2) is 7.33. The number of urea groups is 1. The van der Waals surface area contributed by atoms with E-state index in [0.29, 0.717) is 26.2 Å². The number of hydrogen-bond donors (Lipinski definition) is 1. The zero-order valence-corrected chi connectivity index (χ0v) is 15.1. The Hall–Kier alpha value is -2.24. The van der Waals surface area contributed by atoms with Gasteiger partial charge in [-0.25, -0.2) is 4.79 Å². The van der Waals surface area contributed by atoms with Gasteiger partial charge < -0.3 is 19.9 Å². The molecule has 2 aliphatic heterocycles. The summed E-state index contributed by atoms with van der Waals surface area (Å²) in [7, 11) is 1.65. The van der Waals surface area contributed by atoms with Crippen molar-refractivity contribution in [1.29, 1.82) is 0 Å². The summed E-state index contributed by atoms with van der Waals surface area (Å²) >= 11 is 0. The van der Waals surface area contributed by atoms with Crippen LogP contribution in [-0.2, 0) is 11.3 Å². The second-order valence-electron chi connectivity index (χ2n) is 6.97. The number of nitrogens with zero attached hydrogens (tertiary/aromatic N) is 2. The summed E-state index contributed by atoms with van der Waals surface area (Å²) in [5, 5.41) is 2.84. The molecule has 1 aromatic rings. The molecule has 3 amide bonds. The number of rotatable bonds is 4. The Bertz CT molecular complexity index is 649. The molecule has 1 N–H and O–H groups in total. The topological polar surface area (TPSA) is 61.9 Å². The second-order valence-corrected chi connectivity index (χ2v) is 6.97. The van der Waals surface area contributed by atoms with Crippen molar-refractivity contribution in [3.63, 3.8) is 0 Å². The molecule has 0 bridgehead atoms. The first-order valence-electron chi connectivity index (χ1n) is 9.03. The number of benzene rings is 1. The Morgan fingerprint density at radius 2 is 2.16 bits per heavy atom. The highest BCUT2D eigenvalue weighted by Gasteiger charge is 2.49. The number of methoxy groups -OCH3 is 1. The molecular formula is C19H27N3O3. The third kappa shape index (κ3) is 3.57. The third-order valence-electron chi connectivity index (χ3n) is 5.30. The van der Waals surface area contributed by atoms with Crippen LogP contribution in [0.2, 0.25) is 0 Å². The van der Waals surface area contributed by atoms with Crippen LogP contribution in [-0.4, -0.2) is 55.0 Å². The Kier molecular flexibility index (Phi) is 5.16. The summed E-state index contributed by atoms with van der Waals surface area (Å²) in [6, 6.07) is 7.79. The Balaban J connectivity index is 1.70. The van der Waals surface area contributed by atoms with Crippen molar-refractivity contribution in [3.8, 4) is 5.75 Å². The quantitative estimate of drug-likeness (QED) is 0.910. The van der Waals surface area contributed by atoms with E-state index in [4.69, 9.17) is 4.74 Å². The normalized spacial score (nSPS) is 23.2. The molecule has 2 saturated heterocycles. The van der Waals surface area contributed by atoms with Gasteiger partial charge in [0.25, 0.3) is 0 Å². The largest absolute Gasteiger partial charge is 0.497 e. The van der Waals surface area contributed by atoms with Crippen molar-refractivity contribution in [2.75, 3.05) is 33.3 Å². The highest BCUT2D eigenvalue weighted by Crippen LogP contribution is 2.40. The fourth-order valence-electron chi connectivity index (χ4n) is 3.98. The summed E-state index contributed by atoms with van der Waals surface area (Å²) in [6.07, 6.45) is 2.62. The SMILES string of the molecule is CCNC(=O)N1CC[C@@]2(CCCN(Cc3cccc(OC)c3)C2=O)C1. The molecule has 6 nitrogen and oxygen atoms in total. The standard InChI is InChI=1S/C19H27N3O3/c1-3-20-18(24)22-11-9-19(14-22)8-5-10-21(17(19)23)13-15-6-4-7-16(12-15)25-2/h4,6-7,12H,3,5,8-11,13-14H2,1-2H3,(H,20,24)/t19-/m0/s1. The van der Waals surface area contributed by atoms with Crippen LogP contribution in [0, 0.1) is 5.41 Å². The fourth-order valence-corrected chi connectivity index (χ4v) is 3.98. The van der Waals surface area contributed by atoms with Gasteiger partial charge in [0.2, 0.25) is 5.91 Å². The summed E-state index contributed by atoms with van der Waals surface area (Å²) in [5.74, 6) is 0.994. The highest BCUT2D eigenvalue weighted by molar-refractivity contribution is 5.85. The van der Waals surface area contributed by atoms with E-state index in [1.807, 2.05) is 36.1 Å². The minimum Gasteiger partial charge on any atom is -0.497 e. The number of carbonyl (C=O) groups excluding carboxylic acids is 2. The van der Waals surface area contributed by atoms with E-state index in [1.165, 1.54) is 0 Å². The van der Waals surface area contributed by atoms with Crippen LogP contribution in [0.3, 0.4) is 0 Å². The van der Waals surface area contributed by atoms with Crippen LogP contribution in [0.15, 0.2) is 24.3 Å². The van der Waals surface area contributed by atoms with Gasteiger partial charge >= 0.3 is 6.03 Å². The molecule has 136 valence electrons. The predicted molar refractivity (Wildman–Crippen MR) is 95.3 cm³/mol. The molecule has 25 heavy (non-hydrogen) atoms. The zero-order valence-electron chi connectivity index (χ0n) is 15.1. The average Bonchev–Trinajstić information content (AvgIpc) is 3.05. The van der Waals surface area contributed by atoms with E-state index in [9.17, 15) is 9.59 Å². The van der Waals surface area contributed by atoms with Crippen molar-refractivity contribution in [1.82, 2.24) is 15.1 Å². The van der Waals surface area contributed by atoms with Crippen LogP contribution in [0.1, 0.15) is 31.7 Å². The van der Waals surface area contributed by atoms with E-state index in [2.05, 4.69) is 5.32 Å². The lowest BCUT2D eigenvalue weighted by Crippen LogP contribution is -2.50. The van der Waals surface area contributed by atoms with Crippen molar-refractivity contribution < 1.29 is 14.3 Å². The maximum Gasteiger partial charge on any atom is 0.317 e. The van der Waals surface area contributed by atoms with Gasteiger partial charge in [0.15, 0.2) is 0 Å². The van der Waals surface area contributed by atoms with E-state index < -0.39 is 5.41 Å². The van der Waals surface area contributed by atoms with E-state index in [1.54, 1.807) is 12.0 Å². The summed E-state index contributed by atoms with van der Waals surface area (Å²) in [4.78, 5) is 29.0. The maximum absolute atomic E-state index is 13.2. The monoisotopic (exact) mass is 345 g/mol. The molecule has 0 unspecified atom stereocenters. The molecule has 6 heteroatoms. The third-order valence-corrected chi connectivity index (χ3v) is 5.30. The first-order chi connectivity index (χ1) is 12.1. The van der Waals surface area contributed by atoms with E-state index in [-0.39, 0.29) is 11.9 Å². The van der Waals surface area contributed by atoms with Gasteiger partial charge in [-0.15, -0.1) is 0 Å². The Morgan fingerprint density at radius 1 is 1.32 bits per heavy atom. The van der Waals surface area contributed by atoms with E-state index in [0.717, 1.165) is 37.1 Å². The first kappa shape index (κ1) is 17.6. The van der Waals surface area contributed by atoms with Gasteiger partial charge in [0.1, 0.15) is 5.75 Å². The zero-order chi connectivity index (χ0) is 17.9. The Morgan fingerprint density at radius 3 is 2.92 bits per heavy atom. The molecule has 0 aromatic heterocycles. The molecule has 0 saturated carbocycles. The summed E-state index contributed by atoms with van der Waals surface area (Å²) in [6.45, 7) is 5.08. The number of likely N-dealkylation sites (tertiary alicyclic amines) is 2. The molecule has 2 aliphatic rings. The van der Waals surface area contributed by atoms with Gasteiger partial charge in [0, 0.05) is 32.7 Å². The fraction of sp³-hybridized carbons (Fsp3) is 0.579. The lowest BCUT2D eigenvalue weighted by Gasteiger charge is -2.39. The van der Waals surface area contributed by atoms with Crippen LogP contribution in [0.25, 0.3) is 0 Å². The summed E-state index contributed by atoms with van der Waals surface area (Å²) < 4.78 is 5.27. The molecular weight excluding hydrogens is 318 g/mol. The predicted octanol–water partition coefficient (Wildman–Crippen LogP) is 2.24. The van der Waals surface area contributed by atoms with Crippen LogP contribution < -0.4 is 10.1 Å². The molecule has 0 radical (unpaired) electrons. The number of carbonyl (C=O) groups is 2. The van der Waals surface area contributed by atoms with Crippen LogP contribution in [0.5, 0.6) is 5.75 Å². The number of amides is 3. The molecule has 1 atom stereocenters. The van der Waals surface area contributed by atoms with Crippen molar-refractivity contribution in [2.24, 2.45) is 5.41 Å². The van der Waals surface area contributed by atoms with Crippen LogP contribution >= 0.6 is 0 Å². The molecule has 0 aliphatic carbocycles. The summed E-state index contributed by atoms with van der Waals surface area (Å²) in [5.41, 5.74) is 0.672. The van der Waals surface area contributed by atoms with Gasteiger partial charge in [-0.3, -0.25) is 4.79 Å². The average molecular weight is 345 g/mol. The lowest BCUT2D eigenvalue weighted by molar-refractivity contribution is -0.146. The van der Waals surface area contributed by atoms with E-state index >= 15 is 0 Å². The minimum absolute atomic E-state index is 0.0582. The molecule has 3 rings (SSSR count). The van der Waals surface area contributed by atoms with Crippen molar-refractivity contribution in [3.05, 3.63) is 29.8 Å². The van der Waals surface area contributed by atoms with Crippen molar-refractivity contribution >= 4 is 11.9 Å². The van der Waals surface area contributed by atoms with Gasteiger partial charge in [0.05, 0.1) is 12.5 Å². The van der Waals surface area contributed by atoms with Gasteiger partial charge in [-0.05, 0) is 43.9 Å². The van der Waals surface area contributed by atoms with Gasteiger partial charge in [-0.2, -0.15) is 0 Å². The molecule has 1 spiro atoms. The number of ether oxygens (including phenoxy) is 1. The number of hydrogen-bond acceptors (Lipinski definition) is 3. The maximum atomic E-state index is 13.2. The molecule has 2 fully saturated rings. The number of nitrogens with one attached hydrogen (secondary N) is 1. The smallest absolute Gasteiger partial charge is 0.317 e. The molecule has 1 aromatic carbocycles. The minimum atomic E-state index is -0.401. The van der Waals surface area contributed by atoms with Crippen molar-refractivity contribution in [2.45, 2.75) is 32.7 Å². The number of piperidine rings is 1.